The number of hydrogen-bond donors (Lipinski definition) is 2. The lowest BCUT2D eigenvalue weighted by atomic mass is 10.3. The summed E-state index contributed by atoms with van der Waals surface area (Å²) in [5.41, 5.74) is 1.38. The van der Waals surface area contributed by atoms with Crippen molar-refractivity contribution in [2.45, 2.75) is 36.4 Å². The number of imidazole rings is 1. The zero-order valence-electron chi connectivity index (χ0n) is 14.1. The van der Waals surface area contributed by atoms with Crippen LogP contribution in [0, 0.1) is 0 Å². The van der Waals surface area contributed by atoms with E-state index in [2.05, 4.69) is 23.8 Å². The molecule has 2 aromatic rings. The van der Waals surface area contributed by atoms with Gasteiger partial charge in [-0.1, -0.05) is 31.2 Å². The summed E-state index contributed by atoms with van der Waals surface area (Å²) in [6, 6.07) is 4.65. The number of thioether (sulfide) groups is 1. The molecule has 0 aliphatic rings. The molecule has 0 bridgehead atoms. The SMILES string of the molecule is C=CCNC(=O)CSc1nc2cc(S(N)(=O)=O)ccc2n1CCCC. The number of amides is 1. The van der Waals surface area contributed by atoms with Gasteiger partial charge in [-0.25, -0.2) is 18.5 Å². The topological polar surface area (TPSA) is 107 Å². The first-order valence-electron chi connectivity index (χ1n) is 7.90. The van der Waals surface area contributed by atoms with Crippen LogP contribution in [0.4, 0.5) is 0 Å². The van der Waals surface area contributed by atoms with E-state index < -0.39 is 10.0 Å². The number of hydrogen-bond acceptors (Lipinski definition) is 5. The zero-order valence-corrected chi connectivity index (χ0v) is 15.7. The number of aromatic nitrogens is 2. The van der Waals surface area contributed by atoms with Crippen molar-refractivity contribution in [3.63, 3.8) is 0 Å². The van der Waals surface area contributed by atoms with Crippen LogP contribution in [0.5, 0.6) is 0 Å². The number of carbonyl (C=O) groups is 1. The van der Waals surface area contributed by atoms with E-state index in [0.717, 1.165) is 24.9 Å². The molecule has 3 N–H and O–H groups in total. The predicted octanol–water partition coefficient (Wildman–Crippen LogP) is 1.88. The lowest BCUT2D eigenvalue weighted by Gasteiger charge is -2.08. The van der Waals surface area contributed by atoms with Crippen LogP contribution in [0.25, 0.3) is 11.0 Å². The maximum absolute atomic E-state index is 11.8. The first kappa shape index (κ1) is 19.5. The summed E-state index contributed by atoms with van der Waals surface area (Å²) in [6.07, 6.45) is 3.59. The van der Waals surface area contributed by atoms with Crippen LogP contribution in [0.15, 0.2) is 40.9 Å². The number of aryl methyl sites for hydroxylation is 1. The van der Waals surface area contributed by atoms with E-state index in [-0.39, 0.29) is 16.6 Å². The average Bonchev–Trinajstić information content (AvgIpc) is 2.92. The fraction of sp³-hybridized carbons (Fsp3) is 0.375. The third-order valence-electron chi connectivity index (χ3n) is 3.52. The Kier molecular flexibility index (Phi) is 6.63. The molecular formula is C16H22N4O3S2. The van der Waals surface area contributed by atoms with Crippen molar-refractivity contribution in [2.75, 3.05) is 12.3 Å². The van der Waals surface area contributed by atoms with E-state index in [4.69, 9.17) is 5.14 Å². The summed E-state index contributed by atoms with van der Waals surface area (Å²) in [4.78, 5) is 16.3. The summed E-state index contributed by atoms with van der Waals surface area (Å²) < 4.78 is 25.1. The highest BCUT2D eigenvalue weighted by atomic mass is 32.2. The van der Waals surface area contributed by atoms with Gasteiger partial charge in [-0.15, -0.1) is 6.58 Å². The summed E-state index contributed by atoms with van der Waals surface area (Å²) in [6.45, 7) is 6.82. The van der Waals surface area contributed by atoms with Gasteiger partial charge in [-0.3, -0.25) is 4.79 Å². The fourth-order valence-corrected chi connectivity index (χ4v) is 3.68. The summed E-state index contributed by atoms with van der Waals surface area (Å²) in [7, 11) is -3.78. The minimum atomic E-state index is -3.78. The predicted molar refractivity (Wildman–Crippen MR) is 99.9 cm³/mol. The summed E-state index contributed by atoms with van der Waals surface area (Å²) >= 11 is 1.32. The van der Waals surface area contributed by atoms with Crippen LogP contribution < -0.4 is 10.5 Å². The molecule has 0 atom stereocenters. The molecule has 0 spiro atoms. The Morgan fingerprint density at radius 2 is 2.24 bits per heavy atom. The smallest absolute Gasteiger partial charge is 0.238 e. The number of rotatable bonds is 9. The first-order valence-corrected chi connectivity index (χ1v) is 10.4. The molecule has 1 heterocycles. The largest absolute Gasteiger partial charge is 0.352 e. The van der Waals surface area contributed by atoms with Gasteiger partial charge in [0.2, 0.25) is 15.9 Å². The van der Waals surface area contributed by atoms with Crippen molar-refractivity contribution < 1.29 is 13.2 Å². The van der Waals surface area contributed by atoms with Gasteiger partial charge in [-0.05, 0) is 24.6 Å². The zero-order chi connectivity index (χ0) is 18.4. The number of sulfonamides is 1. The lowest BCUT2D eigenvalue weighted by Crippen LogP contribution is -2.25. The van der Waals surface area contributed by atoms with E-state index in [1.807, 2.05) is 4.57 Å². The van der Waals surface area contributed by atoms with Gasteiger partial charge in [-0.2, -0.15) is 0 Å². The number of primary sulfonamides is 1. The van der Waals surface area contributed by atoms with Crippen LogP contribution in [-0.4, -0.2) is 36.2 Å². The van der Waals surface area contributed by atoms with Gasteiger partial charge in [0.25, 0.3) is 0 Å². The number of fused-ring (bicyclic) bond motifs is 1. The molecule has 1 aromatic carbocycles. The number of unbranched alkanes of at least 4 members (excludes halogenated alkanes) is 1. The molecule has 25 heavy (non-hydrogen) atoms. The van der Waals surface area contributed by atoms with Gasteiger partial charge < -0.3 is 9.88 Å². The third kappa shape index (κ3) is 5.07. The first-order chi connectivity index (χ1) is 11.9. The second-order valence-electron chi connectivity index (χ2n) is 5.48. The highest BCUT2D eigenvalue weighted by Crippen LogP contribution is 2.26. The Hall–Kier alpha value is -1.84. The van der Waals surface area contributed by atoms with E-state index in [9.17, 15) is 13.2 Å². The Bertz CT molecular complexity index is 875. The maximum Gasteiger partial charge on any atom is 0.238 e. The Morgan fingerprint density at radius 1 is 1.48 bits per heavy atom. The van der Waals surface area contributed by atoms with Crippen LogP contribution in [0.2, 0.25) is 0 Å². The summed E-state index contributed by atoms with van der Waals surface area (Å²) in [5.74, 6) is 0.120. The Balaban J connectivity index is 2.32. The van der Waals surface area contributed by atoms with Crippen molar-refractivity contribution in [3.05, 3.63) is 30.9 Å². The van der Waals surface area contributed by atoms with Gasteiger partial charge in [0.1, 0.15) is 0 Å². The average molecular weight is 383 g/mol. The standard InChI is InChI=1S/C16H22N4O3S2/c1-3-5-9-20-14-7-6-12(25(17,22)23)10-13(14)19-16(20)24-11-15(21)18-8-4-2/h4,6-7,10H,2-3,5,8-9,11H2,1H3,(H,18,21)(H2,17,22,23). The van der Waals surface area contributed by atoms with Crippen molar-refractivity contribution in [2.24, 2.45) is 5.14 Å². The Labute approximate surface area is 151 Å². The molecule has 0 aliphatic heterocycles. The number of nitrogens with zero attached hydrogens (tertiary/aromatic N) is 2. The minimum absolute atomic E-state index is 0.0282. The lowest BCUT2D eigenvalue weighted by molar-refractivity contribution is -0.118. The molecule has 9 heteroatoms. The van der Waals surface area contributed by atoms with E-state index in [0.29, 0.717) is 17.2 Å². The fourth-order valence-electron chi connectivity index (χ4n) is 2.27. The molecule has 0 radical (unpaired) electrons. The van der Waals surface area contributed by atoms with Crippen LogP contribution in [0.1, 0.15) is 19.8 Å². The molecule has 0 aliphatic carbocycles. The molecule has 0 saturated carbocycles. The van der Waals surface area contributed by atoms with E-state index in [1.54, 1.807) is 12.1 Å². The van der Waals surface area contributed by atoms with Crippen molar-refractivity contribution >= 4 is 38.7 Å². The molecule has 1 amide bonds. The minimum Gasteiger partial charge on any atom is -0.352 e. The Morgan fingerprint density at radius 3 is 2.88 bits per heavy atom. The quantitative estimate of drug-likeness (QED) is 0.509. The van der Waals surface area contributed by atoms with Gasteiger partial charge in [0.15, 0.2) is 5.16 Å². The monoisotopic (exact) mass is 382 g/mol. The highest BCUT2D eigenvalue weighted by Gasteiger charge is 2.16. The molecule has 0 unspecified atom stereocenters. The number of carbonyl (C=O) groups excluding carboxylic acids is 1. The molecule has 136 valence electrons. The van der Waals surface area contributed by atoms with Gasteiger partial charge in [0.05, 0.1) is 21.7 Å². The van der Waals surface area contributed by atoms with Gasteiger partial charge in [0, 0.05) is 13.1 Å². The molecule has 2 rings (SSSR count). The number of nitrogens with two attached hydrogens (primary N) is 1. The molecular weight excluding hydrogens is 360 g/mol. The van der Waals surface area contributed by atoms with Crippen LogP contribution in [-0.2, 0) is 21.4 Å². The van der Waals surface area contributed by atoms with Crippen molar-refractivity contribution in [1.82, 2.24) is 14.9 Å². The highest BCUT2D eigenvalue weighted by molar-refractivity contribution is 7.99. The molecule has 0 saturated heterocycles. The third-order valence-corrected chi connectivity index (χ3v) is 5.41. The molecule has 1 aromatic heterocycles. The van der Waals surface area contributed by atoms with Crippen molar-refractivity contribution in [3.8, 4) is 0 Å². The van der Waals surface area contributed by atoms with Crippen LogP contribution in [0.3, 0.4) is 0 Å². The van der Waals surface area contributed by atoms with Gasteiger partial charge >= 0.3 is 0 Å². The van der Waals surface area contributed by atoms with E-state index >= 15 is 0 Å². The normalized spacial score (nSPS) is 11.6. The maximum atomic E-state index is 11.8. The molecule has 0 fully saturated rings. The summed E-state index contributed by atoms with van der Waals surface area (Å²) in [5, 5.41) is 8.59. The van der Waals surface area contributed by atoms with Crippen LogP contribution >= 0.6 is 11.8 Å². The number of nitrogens with one attached hydrogen (secondary N) is 1. The second kappa shape index (κ2) is 8.50. The molecule has 7 nitrogen and oxygen atoms in total. The second-order valence-corrected chi connectivity index (χ2v) is 7.98. The van der Waals surface area contributed by atoms with Crippen molar-refractivity contribution in [1.29, 1.82) is 0 Å². The number of benzene rings is 1. The van der Waals surface area contributed by atoms with E-state index in [1.165, 1.54) is 23.9 Å².